The number of nitrogens with one attached hydrogen (secondary N) is 1. The van der Waals surface area contributed by atoms with E-state index < -0.39 is 5.91 Å². The normalized spacial score (nSPS) is 11.1. The number of hydrogen-bond donors (Lipinski definition) is 1. The van der Waals surface area contributed by atoms with Gasteiger partial charge in [0.15, 0.2) is 0 Å². The monoisotopic (exact) mass is 380 g/mol. The molecule has 0 spiro atoms. The van der Waals surface area contributed by atoms with Crippen LogP contribution in [0.2, 0.25) is 0 Å². The smallest absolute Gasteiger partial charge is 0.328 e. The molecule has 28 heavy (non-hydrogen) atoms. The van der Waals surface area contributed by atoms with Crippen molar-refractivity contribution in [3.05, 3.63) is 70.1 Å². The van der Waals surface area contributed by atoms with Crippen molar-refractivity contribution in [2.75, 3.05) is 5.32 Å². The third-order valence-corrected chi connectivity index (χ3v) is 4.74. The minimum atomic E-state index is -0.404. The molecule has 4 aromatic rings. The molecule has 1 amide bonds. The predicted octanol–water partition coefficient (Wildman–Crippen LogP) is 3.23. The molecule has 1 N–H and O–H groups in total. The number of aromatic nitrogens is 3. The zero-order valence-corrected chi connectivity index (χ0v) is 15.5. The number of fused-ring (bicyclic) bond motifs is 1. The molecule has 0 saturated heterocycles. The number of benzene rings is 2. The molecule has 0 saturated carbocycles. The average molecular weight is 380 g/mol. The van der Waals surface area contributed by atoms with Crippen LogP contribution in [0.4, 0.5) is 10.1 Å². The molecule has 2 heterocycles. The molecule has 0 fully saturated rings. The molecule has 2 aromatic heterocycles. The number of nitrogens with zero attached hydrogens (tertiary/aromatic N) is 3. The van der Waals surface area contributed by atoms with Gasteiger partial charge in [0.25, 0.3) is 5.91 Å². The number of amides is 1. The van der Waals surface area contributed by atoms with E-state index in [0.29, 0.717) is 28.2 Å². The molecule has 0 unspecified atom stereocenters. The van der Waals surface area contributed by atoms with Gasteiger partial charge in [-0.2, -0.15) is 0 Å². The lowest BCUT2D eigenvalue weighted by Gasteiger charge is -2.07. The molecular formula is C20H17FN4O3. The SMILES string of the molecule is Cc1onc(-c2ccc(F)cc2)c1C(=O)Nc1ccc2c(c1)n(C)c(=O)n2C. The van der Waals surface area contributed by atoms with Crippen LogP contribution in [-0.4, -0.2) is 20.2 Å². The number of halogens is 1. The van der Waals surface area contributed by atoms with Gasteiger partial charge in [0.2, 0.25) is 0 Å². The Balaban J connectivity index is 1.71. The Bertz CT molecular complexity index is 1270. The summed E-state index contributed by atoms with van der Waals surface area (Å²) >= 11 is 0. The van der Waals surface area contributed by atoms with E-state index in [-0.39, 0.29) is 17.1 Å². The predicted molar refractivity (Wildman–Crippen MR) is 103 cm³/mol. The van der Waals surface area contributed by atoms with Crippen LogP contribution in [0.5, 0.6) is 0 Å². The summed E-state index contributed by atoms with van der Waals surface area (Å²) in [7, 11) is 3.37. The summed E-state index contributed by atoms with van der Waals surface area (Å²) in [4.78, 5) is 25.0. The van der Waals surface area contributed by atoms with Gasteiger partial charge in [0.1, 0.15) is 22.8 Å². The summed E-state index contributed by atoms with van der Waals surface area (Å²) in [5.41, 5.74) is 3.03. The average Bonchev–Trinajstić information content (AvgIpc) is 3.16. The van der Waals surface area contributed by atoms with Crippen molar-refractivity contribution in [2.45, 2.75) is 6.92 Å². The first-order valence-electron chi connectivity index (χ1n) is 8.56. The number of aryl methyl sites for hydroxylation is 3. The van der Waals surface area contributed by atoms with E-state index in [1.807, 2.05) is 0 Å². The number of carbonyl (C=O) groups is 1. The third kappa shape index (κ3) is 2.79. The van der Waals surface area contributed by atoms with Crippen molar-refractivity contribution < 1.29 is 13.7 Å². The number of imidazole rings is 1. The van der Waals surface area contributed by atoms with Crippen molar-refractivity contribution in [1.29, 1.82) is 0 Å². The number of hydrogen-bond acceptors (Lipinski definition) is 4. The fourth-order valence-corrected chi connectivity index (χ4v) is 3.22. The van der Waals surface area contributed by atoms with Gasteiger partial charge in [0, 0.05) is 25.3 Å². The Kier molecular flexibility index (Phi) is 4.11. The summed E-state index contributed by atoms with van der Waals surface area (Å²) < 4.78 is 21.4. The maximum atomic E-state index is 13.2. The van der Waals surface area contributed by atoms with Crippen molar-refractivity contribution in [3.63, 3.8) is 0 Å². The summed E-state index contributed by atoms with van der Waals surface area (Å²) in [6.45, 7) is 1.64. The molecule has 0 aliphatic heterocycles. The second-order valence-corrected chi connectivity index (χ2v) is 6.53. The maximum Gasteiger partial charge on any atom is 0.328 e. The quantitative estimate of drug-likeness (QED) is 0.592. The fourth-order valence-electron chi connectivity index (χ4n) is 3.22. The summed E-state index contributed by atoms with van der Waals surface area (Å²) in [6, 6.07) is 10.9. The summed E-state index contributed by atoms with van der Waals surface area (Å²) in [5.74, 6) is -0.430. The zero-order chi connectivity index (χ0) is 20.0. The maximum absolute atomic E-state index is 13.2. The van der Waals surface area contributed by atoms with Crippen LogP contribution in [0.1, 0.15) is 16.1 Å². The zero-order valence-electron chi connectivity index (χ0n) is 15.5. The van der Waals surface area contributed by atoms with Gasteiger partial charge in [0.05, 0.1) is 11.0 Å². The number of carbonyl (C=O) groups excluding carboxylic acids is 1. The van der Waals surface area contributed by atoms with Crippen LogP contribution < -0.4 is 11.0 Å². The molecule has 0 aliphatic carbocycles. The first-order valence-corrected chi connectivity index (χ1v) is 8.56. The molecule has 0 aliphatic rings. The molecule has 4 rings (SSSR count). The van der Waals surface area contributed by atoms with Crippen molar-refractivity contribution in [1.82, 2.24) is 14.3 Å². The van der Waals surface area contributed by atoms with Gasteiger partial charge >= 0.3 is 5.69 Å². The van der Waals surface area contributed by atoms with E-state index in [1.165, 1.54) is 33.4 Å². The van der Waals surface area contributed by atoms with Gasteiger partial charge in [-0.05, 0) is 49.4 Å². The van der Waals surface area contributed by atoms with Gasteiger partial charge in [-0.1, -0.05) is 5.16 Å². The molecule has 0 bridgehead atoms. The molecule has 142 valence electrons. The minimum absolute atomic E-state index is 0.146. The van der Waals surface area contributed by atoms with E-state index in [2.05, 4.69) is 10.5 Å². The second-order valence-electron chi connectivity index (χ2n) is 6.53. The van der Waals surface area contributed by atoms with E-state index >= 15 is 0 Å². The van der Waals surface area contributed by atoms with Crippen LogP contribution in [0.15, 0.2) is 51.8 Å². The topological polar surface area (TPSA) is 82.1 Å². The first-order chi connectivity index (χ1) is 13.4. The highest BCUT2D eigenvalue weighted by molar-refractivity contribution is 6.09. The van der Waals surface area contributed by atoms with Gasteiger partial charge in [-0.25, -0.2) is 9.18 Å². The Morgan fingerprint density at radius 3 is 2.46 bits per heavy atom. The Morgan fingerprint density at radius 2 is 1.75 bits per heavy atom. The van der Waals surface area contributed by atoms with Crippen LogP contribution in [0, 0.1) is 12.7 Å². The first kappa shape index (κ1) is 17.7. The standard InChI is InChI=1S/C20H17FN4O3/c1-11-17(18(23-28-11)12-4-6-13(21)7-5-12)19(26)22-14-8-9-15-16(10-14)25(3)20(27)24(15)2/h4-10H,1-3H3,(H,22,26). The Hall–Kier alpha value is -3.68. The lowest BCUT2D eigenvalue weighted by molar-refractivity contribution is 0.102. The van der Waals surface area contributed by atoms with E-state index in [4.69, 9.17) is 4.52 Å². The van der Waals surface area contributed by atoms with Crippen LogP contribution >= 0.6 is 0 Å². The Morgan fingerprint density at radius 1 is 1.07 bits per heavy atom. The van der Waals surface area contributed by atoms with Crippen molar-refractivity contribution in [2.24, 2.45) is 14.1 Å². The van der Waals surface area contributed by atoms with Gasteiger partial charge in [-0.15, -0.1) is 0 Å². The van der Waals surface area contributed by atoms with Crippen LogP contribution in [-0.2, 0) is 14.1 Å². The molecule has 0 radical (unpaired) electrons. The fraction of sp³-hybridized carbons (Fsp3) is 0.150. The summed E-state index contributed by atoms with van der Waals surface area (Å²) in [6.07, 6.45) is 0. The highest BCUT2D eigenvalue weighted by atomic mass is 19.1. The molecule has 7 nitrogen and oxygen atoms in total. The van der Waals surface area contributed by atoms with Crippen molar-refractivity contribution in [3.8, 4) is 11.3 Å². The largest absolute Gasteiger partial charge is 0.360 e. The van der Waals surface area contributed by atoms with Gasteiger partial charge in [-0.3, -0.25) is 13.9 Å². The van der Waals surface area contributed by atoms with Crippen LogP contribution in [0.25, 0.3) is 22.3 Å². The van der Waals surface area contributed by atoms with E-state index in [0.717, 1.165) is 5.52 Å². The highest BCUT2D eigenvalue weighted by Gasteiger charge is 2.22. The molecule has 8 heteroatoms. The minimum Gasteiger partial charge on any atom is -0.360 e. The second kappa shape index (κ2) is 6.49. The van der Waals surface area contributed by atoms with E-state index in [1.54, 1.807) is 39.2 Å². The van der Waals surface area contributed by atoms with Crippen LogP contribution in [0.3, 0.4) is 0 Å². The molecular weight excluding hydrogens is 363 g/mol. The highest BCUT2D eigenvalue weighted by Crippen LogP contribution is 2.27. The van der Waals surface area contributed by atoms with Gasteiger partial charge < -0.3 is 9.84 Å². The van der Waals surface area contributed by atoms with E-state index in [9.17, 15) is 14.0 Å². The van der Waals surface area contributed by atoms with Crippen molar-refractivity contribution >= 4 is 22.6 Å². The third-order valence-electron chi connectivity index (χ3n) is 4.74. The lowest BCUT2D eigenvalue weighted by atomic mass is 10.1. The lowest BCUT2D eigenvalue weighted by Crippen LogP contribution is -2.19. The Labute approximate surface area is 159 Å². The number of rotatable bonds is 3. The molecule has 0 atom stereocenters. The summed E-state index contributed by atoms with van der Waals surface area (Å²) in [5, 5.41) is 6.77. The molecule has 2 aromatic carbocycles. The number of anilines is 1.